The van der Waals surface area contributed by atoms with E-state index in [-0.39, 0.29) is 6.04 Å². The van der Waals surface area contributed by atoms with Gasteiger partial charge in [0.2, 0.25) is 0 Å². The number of hydrogen-bond donors (Lipinski definition) is 2. The quantitative estimate of drug-likeness (QED) is 0.421. The van der Waals surface area contributed by atoms with Gasteiger partial charge in [-0.1, -0.05) is 34.1 Å². The first-order valence-corrected chi connectivity index (χ1v) is 9.41. The zero-order valence-electron chi connectivity index (χ0n) is 14.6. The number of guanidine groups is 1. The minimum Gasteiger partial charge on any atom is -0.381 e. The molecule has 0 bridgehead atoms. The summed E-state index contributed by atoms with van der Waals surface area (Å²) < 4.78 is 12.3. The Kier molecular flexibility index (Phi) is 8.56. The first-order chi connectivity index (χ1) is 11.7. The first kappa shape index (κ1) is 19.2. The monoisotopic (exact) mass is 397 g/mol. The molecular formula is C18H28BrN3O2. The van der Waals surface area contributed by atoms with Gasteiger partial charge in [0.15, 0.2) is 5.96 Å². The number of nitrogens with one attached hydrogen (secondary N) is 2. The highest BCUT2D eigenvalue weighted by atomic mass is 79.9. The van der Waals surface area contributed by atoms with Crippen molar-refractivity contribution >= 4 is 21.9 Å². The maximum absolute atomic E-state index is 5.88. The molecule has 134 valence electrons. The molecule has 24 heavy (non-hydrogen) atoms. The van der Waals surface area contributed by atoms with Gasteiger partial charge in [0.25, 0.3) is 0 Å². The van der Waals surface area contributed by atoms with E-state index >= 15 is 0 Å². The van der Waals surface area contributed by atoms with Gasteiger partial charge in [0.1, 0.15) is 0 Å². The smallest absolute Gasteiger partial charge is 0.191 e. The second kappa shape index (κ2) is 10.7. The van der Waals surface area contributed by atoms with Crippen molar-refractivity contribution in [3.63, 3.8) is 0 Å². The molecular weight excluding hydrogens is 370 g/mol. The van der Waals surface area contributed by atoms with Crippen LogP contribution in [-0.4, -0.2) is 45.5 Å². The molecule has 0 spiro atoms. The molecule has 1 fully saturated rings. The van der Waals surface area contributed by atoms with Crippen molar-refractivity contribution < 1.29 is 9.47 Å². The molecule has 2 rings (SSSR count). The summed E-state index contributed by atoms with van der Waals surface area (Å²) in [6, 6.07) is 8.40. The van der Waals surface area contributed by atoms with Crippen LogP contribution in [0.15, 0.2) is 33.7 Å². The average molecular weight is 398 g/mol. The van der Waals surface area contributed by atoms with Crippen molar-refractivity contribution in [2.24, 2.45) is 4.99 Å². The molecule has 1 atom stereocenters. The van der Waals surface area contributed by atoms with Crippen molar-refractivity contribution in [2.75, 3.05) is 33.4 Å². The van der Waals surface area contributed by atoms with E-state index in [1.54, 1.807) is 7.05 Å². The third kappa shape index (κ3) is 6.42. The summed E-state index contributed by atoms with van der Waals surface area (Å²) in [7, 11) is 1.79. The molecule has 0 aromatic heterocycles. The Morgan fingerprint density at radius 1 is 1.38 bits per heavy atom. The Labute approximate surface area is 153 Å². The Morgan fingerprint density at radius 2 is 2.12 bits per heavy atom. The third-order valence-electron chi connectivity index (χ3n) is 4.08. The lowest BCUT2D eigenvalue weighted by atomic mass is 10.1. The van der Waals surface area contributed by atoms with Gasteiger partial charge in [-0.15, -0.1) is 0 Å². The van der Waals surface area contributed by atoms with Crippen LogP contribution < -0.4 is 10.6 Å². The molecule has 1 aliphatic rings. The van der Waals surface area contributed by atoms with Crippen LogP contribution in [0.5, 0.6) is 0 Å². The molecule has 0 amide bonds. The second-order valence-corrected chi connectivity index (χ2v) is 6.78. The summed E-state index contributed by atoms with van der Waals surface area (Å²) in [5.41, 5.74) is 1.21. The summed E-state index contributed by atoms with van der Waals surface area (Å²) in [5.74, 6) is 0.810. The van der Waals surface area contributed by atoms with E-state index in [1.807, 2.05) is 12.1 Å². The molecule has 1 aromatic carbocycles. The molecule has 0 saturated carbocycles. The number of halogens is 1. The Balaban J connectivity index is 1.66. The van der Waals surface area contributed by atoms with E-state index in [9.17, 15) is 0 Å². The maximum atomic E-state index is 5.88. The lowest BCUT2D eigenvalue weighted by Gasteiger charge is -2.22. The third-order valence-corrected chi connectivity index (χ3v) is 4.81. The number of ether oxygens (including phenoxy) is 2. The van der Waals surface area contributed by atoms with E-state index in [4.69, 9.17) is 9.47 Å². The average Bonchev–Trinajstić information content (AvgIpc) is 2.61. The Hall–Kier alpha value is -1.11. The van der Waals surface area contributed by atoms with E-state index in [2.05, 4.69) is 50.6 Å². The molecule has 5 nitrogen and oxygen atoms in total. The predicted molar refractivity (Wildman–Crippen MR) is 101 cm³/mol. The van der Waals surface area contributed by atoms with Gasteiger partial charge in [-0.3, -0.25) is 4.99 Å². The van der Waals surface area contributed by atoms with Crippen LogP contribution in [0.4, 0.5) is 0 Å². The fourth-order valence-corrected chi connectivity index (χ4v) is 3.30. The Bertz CT molecular complexity index is 519. The van der Waals surface area contributed by atoms with Crippen LogP contribution in [-0.2, 0) is 9.47 Å². The van der Waals surface area contributed by atoms with Crippen LogP contribution in [0.3, 0.4) is 0 Å². The summed E-state index contributed by atoms with van der Waals surface area (Å²) in [5, 5.41) is 6.76. The van der Waals surface area contributed by atoms with E-state index in [0.29, 0.717) is 6.10 Å². The Morgan fingerprint density at radius 3 is 2.83 bits per heavy atom. The number of benzene rings is 1. The summed E-state index contributed by atoms with van der Waals surface area (Å²) in [6.07, 6.45) is 3.36. The number of aliphatic imine (C=N–C) groups is 1. The van der Waals surface area contributed by atoms with Gasteiger partial charge in [-0.2, -0.15) is 0 Å². The molecule has 1 aromatic rings. The lowest BCUT2D eigenvalue weighted by Crippen LogP contribution is -2.39. The minimum atomic E-state index is 0.172. The summed E-state index contributed by atoms with van der Waals surface area (Å²) in [4.78, 5) is 4.29. The highest BCUT2D eigenvalue weighted by Crippen LogP contribution is 2.22. The zero-order valence-corrected chi connectivity index (χ0v) is 16.1. The van der Waals surface area contributed by atoms with Crippen molar-refractivity contribution in [1.29, 1.82) is 0 Å². The fourth-order valence-electron chi connectivity index (χ4n) is 2.68. The van der Waals surface area contributed by atoms with E-state index in [0.717, 1.165) is 56.1 Å². The number of nitrogens with zero attached hydrogens (tertiary/aromatic N) is 1. The van der Waals surface area contributed by atoms with Gasteiger partial charge in [-0.25, -0.2) is 0 Å². The van der Waals surface area contributed by atoms with Gasteiger partial charge in [0, 0.05) is 37.9 Å². The highest BCUT2D eigenvalue weighted by Gasteiger charge is 2.13. The van der Waals surface area contributed by atoms with Crippen LogP contribution in [0.25, 0.3) is 0 Å². The minimum absolute atomic E-state index is 0.172. The van der Waals surface area contributed by atoms with Crippen LogP contribution in [0.1, 0.15) is 37.8 Å². The van der Waals surface area contributed by atoms with Crippen LogP contribution in [0, 0.1) is 0 Å². The second-order valence-electron chi connectivity index (χ2n) is 5.92. The maximum Gasteiger partial charge on any atom is 0.191 e. The highest BCUT2D eigenvalue weighted by molar-refractivity contribution is 9.10. The van der Waals surface area contributed by atoms with Crippen molar-refractivity contribution in [3.8, 4) is 0 Å². The number of rotatable bonds is 7. The normalized spacial score (nSPS) is 17.5. The molecule has 1 heterocycles. The fraction of sp³-hybridized carbons (Fsp3) is 0.611. The van der Waals surface area contributed by atoms with Crippen LogP contribution >= 0.6 is 15.9 Å². The predicted octanol–water partition coefficient (Wildman–Crippen LogP) is 3.26. The molecule has 0 radical (unpaired) electrons. The first-order valence-electron chi connectivity index (χ1n) is 8.61. The van der Waals surface area contributed by atoms with E-state index < -0.39 is 0 Å². The lowest BCUT2D eigenvalue weighted by molar-refractivity contribution is -0.0320. The van der Waals surface area contributed by atoms with Gasteiger partial charge in [-0.05, 0) is 37.8 Å². The van der Waals surface area contributed by atoms with Crippen molar-refractivity contribution in [1.82, 2.24) is 10.6 Å². The zero-order chi connectivity index (χ0) is 17.2. The molecule has 1 aliphatic heterocycles. The molecule has 2 N–H and O–H groups in total. The number of hydrogen-bond acceptors (Lipinski definition) is 3. The largest absolute Gasteiger partial charge is 0.381 e. The van der Waals surface area contributed by atoms with Gasteiger partial charge >= 0.3 is 0 Å². The van der Waals surface area contributed by atoms with Crippen molar-refractivity contribution in [3.05, 3.63) is 34.3 Å². The summed E-state index contributed by atoms with van der Waals surface area (Å²) in [6.45, 7) is 5.39. The van der Waals surface area contributed by atoms with Crippen molar-refractivity contribution in [2.45, 2.75) is 38.3 Å². The molecule has 1 unspecified atom stereocenters. The SMILES string of the molecule is CN=C(NCCCOC1CCOCC1)NC(C)c1ccccc1Br. The topological polar surface area (TPSA) is 54.9 Å². The molecule has 6 heteroatoms. The summed E-state index contributed by atoms with van der Waals surface area (Å²) >= 11 is 3.59. The standard InChI is InChI=1S/C18H28BrN3O2/c1-14(16-6-3-4-7-17(16)19)22-18(20-2)21-10-5-11-24-15-8-12-23-13-9-15/h3-4,6-7,14-15H,5,8-13H2,1-2H3,(H2,20,21,22). The molecule has 1 saturated heterocycles. The van der Waals surface area contributed by atoms with E-state index in [1.165, 1.54) is 5.56 Å². The van der Waals surface area contributed by atoms with Crippen LogP contribution in [0.2, 0.25) is 0 Å². The molecule has 0 aliphatic carbocycles. The van der Waals surface area contributed by atoms with Gasteiger partial charge < -0.3 is 20.1 Å². The van der Waals surface area contributed by atoms with Gasteiger partial charge in [0.05, 0.1) is 12.1 Å².